The monoisotopic (exact) mass is 592 g/mol. The molecule has 0 aromatic heterocycles. The van der Waals surface area contributed by atoms with Crippen molar-refractivity contribution in [1.82, 2.24) is 15.1 Å². The molecule has 1 aliphatic carbocycles. The van der Waals surface area contributed by atoms with Crippen LogP contribution >= 0.6 is 0 Å². The summed E-state index contributed by atoms with van der Waals surface area (Å²) in [5.74, 6) is -0.592. The Kier molecular flexibility index (Phi) is 9.43. The number of anilines is 1. The fraction of sp³-hybridized carbons (Fsp3) is 0.452. The van der Waals surface area contributed by atoms with E-state index in [9.17, 15) is 24.0 Å². The van der Waals surface area contributed by atoms with Crippen molar-refractivity contribution < 1.29 is 38.2 Å². The largest absolute Gasteiger partial charge is 0.462 e. The minimum atomic E-state index is -0.559. The summed E-state index contributed by atoms with van der Waals surface area (Å²) < 4.78 is 15.8. The molecule has 2 aromatic carbocycles. The van der Waals surface area contributed by atoms with Crippen molar-refractivity contribution in [1.29, 1.82) is 0 Å². The number of hydrogen-bond donors (Lipinski definition) is 2. The normalized spacial score (nSPS) is 19.1. The van der Waals surface area contributed by atoms with Gasteiger partial charge in [-0.1, -0.05) is 31.0 Å². The Balaban J connectivity index is 1.18. The van der Waals surface area contributed by atoms with Crippen LogP contribution in [-0.2, 0) is 25.7 Å². The van der Waals surface area contributed by atoms with Crippen molar-refractivity contribution in [2.75, 3.05) is 31.8 Å². The molecule has 2 fully saturated rings. The fourth-order valence-corrected chi connectivity index (χ4v) is 5.82. The zero-order valence-electron chi connectivity index (χ0n) is 24.1. The van der Waals surface area contributed by atoms with Crippen LogP contribution < -0.4 is 20.1 Å². The first-order valence-corrected chi connectivity index (χ1v) is 14.7. The molecule has 2 atom stereocenters. The van der Waals surface area contributed by atoms with Gasteiger partial charge in [0.1, 0.15) is 6.54 Å². The molecule has 2 aliphatic heterocycles. The summed E-state index contributed by atoms with van der Waals surface area (Å²) in [5, 5.41) is 5.59. The smallest absolute Gasteiger partial charge is 0.340 e. The van der Waals surface area contributed by atoms with E-state index in [1.54, 1.807) is 37.3 Å². The topological polar surface area (TPSA) is 144 Å². The van der Waals surface area contributed by atoms with E-state index >= 15 is 0 Å². The molecule has 12 nitrogen and oxygen atoms in total. The van der Waals surface area contributed by atoms with Gasteiger partial charge in [-0.15, -0.1) is 0 Å². The summed E-state index contributed by atoms with van der Waals surface area (Å²) in [5.41, 5.74) is 1.36. The summed E-state index contributed by atoms with van der Waals surface area (Å²) in [6.07, 6.45) is 3.40. The lowest BCUT2D eigenvalue weighted by atomic mass is 9.81. The first-order valence-electron chi connectivity index (χ1n) is 14.7. The summed E-state index contributed by atoms with van der Waals surface area (Å²) in [7, 11) is 0. The van der Waals surface area contributed by atoms with Gasteiger partial charge in [-0.2, -0.15) is 0 Å². The number of urea groups is 1. The highest BCUT2D eigenvalue weighted by Crippen LogP contribution is 2.35. The van der Waals surface area contributed by atoms with Gasteiger partial charge in [0.15, 0.2) is 11.5 Å². The number of benzene rings is 2. The number of esters is 1. The highest BCUT2D eigenvalue weighted by Gasteiger charge is 2.47. The Morgan fingerprint density at radius 1 is 1.00 bits per heavy atom. The number of ether oxygens (including phenoxy) is 3. The van der Waals surface area contributed by atoms with E-state index in [0.717, 1.165) is 18.4 Å². The molecule has 2 unspecified atom stereocenters. The number of hydrogen-bond acceptors (Lipinski definition) is 8. The minimum Gasteiger partial charge on any atom is -0.462 e. The molecule has 2 aromatic rings. The van der Waals surface area contributed by atoms with Crippen LogP contribution in [0.3, 0.4) is 0 Å². The van der Waals surface area contributed by atoms with Crippen molar-refractivity contribution in [3.8, 4) is 11.5 Å². The van der Waals surface area contributed by atoms with Crippen molar-refractivity contribution in [3.05, 3.63) is 53.6 Å². The lowest BCUT2D eigenvalue weighted by molar-refractivity contribution is -0.142. The maximum Gasteiger partial charge on any atom is 0.340 e. The van der Waals surface area contributed by atoms with Crippen LogP contribution in [0.5, 0.6) is 11.5 Å². The van der Waals surface area contributed by atoms with Crippen LogP contribution in [0.2, 0.25) is 0 Å². The lowest BCUT2D eigenvalue weighted by Gasteiger charge is -2.46. The van der Waals surface area contributed by atoms with E-state index < -0.39 is 23.8 Å². The average Bonchev–Trinajstić information content (AvgIpc) is 3.48. The van der Waals surface area contributed by atoms with Gasteiger partial charge in [0.05, 0.1) is 23.8 Å². The third-order valence-electron chi connectivity index (χ3n) is 7.91. The second kappa shape index (κ2) is 13.6. The fourth-order valence-electron chi connectivity index (χ4n) is 5.82. The predicted octanol–water partition coefficient (Wildman–Crippen LogP) is 3.45. The summed E-state index contributed by atoms with van der Waals surface area (Å²) >= 11 is 0. The van der Waals surface area contributed by atoms with E-state index in [2.05, 4.69) is 10.6 Å². The summed E-state index contributed by atoms with van der Waals surface area (Å²) in [6.45, 7) is 2.18. The Hall–Kier alpha value is -4.61. The van der Waals surface area contributed by atoms with Gasteiger partial charge < -0.3 is 29.7 Å². The zero-order chi connectivity index (χ0) is 30.3. The standard InChI is InChI=1S/C31H36N4O8/c1-2-41-30(39)21-8-3-5-10-23(21)33-28(37)18-35-24-11-6-4-9-22(24)29(38)34(31(35)40)15-7-12-27(36)32-17-20-13-14-25-26(16-20)43-19-42-25/h3,5,8,10,13-14,16,22,24H,2,4,6-7,9,11-12,15,17-19H2,1H3,(H,32,36)(H,33,37). The summed E-state index contributed by atoms with van der Waals surface area (Å²) in [4.78, 5) is 67.6. The molecule has 0 spiro atoms. The van der Waals surface area contributed by atoms with Crippen LogP contribution in [0.4, 0.5) is 10.5 Å². The van der Waals surface area contributed by atoms with Crippen LogP contribution in [0.15, 0.2) is 42.5 Å². The third-order valence-corrected chi connectivity index (χ3v) is 7.91. The third kappa shape index (κ3) is 6.90. The van der Waals surface area contributed by atoms with Crippen molar-refractivity contribution in [2.45, 2.75) is 58.0 Å². The number of para-hydroxylation sites is 1. The Labute approximate surface area is 249 Å². The van der Waals surface area contributed by atoms with Gasteiger partial charge in [0.25, 0.3) is 0 Å². The van der Waals surface area contributed by atoms with Crippen LogP contribution in [0, 0.1) is 5.92 Å². The van der Waals surface area contributed by atoms with Crippen LogP contribution in [-0.4, -0.2) is 72.1 Å². The molecule has 0 bridgehead atoms. The molecule has 43 heavy (non-hydrogen) atoms. The Morgan fingerprint density at radius 2 is 1.79 bits per heavy atom. The highest BCUT2D eigenvalue weighted by molar-refractivity contribution is 6.04. The second-order valence-electron chi connectivity index (χ2n) is 10.7. The molecule has 3 aliphatic rings. The van der Waals surface area contributed by atoms with Gasteiger partial charge in [0.2, 0.25) is 24.5 Å². The number of amides is 5. The molecule has 0 radical (unpaired) electrons. The van der Waals surface area contributed by atoms with Gasteiger partial charge >= 0.3 is 12.0 Å². The lowest BCUT2D eigenvalue weighted by Crippen LogP contribution is -2.63. The van der Waals surface area contributed by atoms with Crippen molar-refractivity contribution >= 4 is 35.4 Å². The van der Waals surface area contributed by atoms with E-state index in [4.69, 9.17) is 14.2 Å². The quantitative estimate of drug-likeness (QED) is 0.378. The molecule has 12 heteroatoms. The minimum absolute atomic E-state index is 0.0716. The van der Waals surface area contributed by atoms with E-state index in [-0.39, 0.29) is 68.4 Å². The zero-order valence-corrected chi connectivity index (χ0v) is 24.1. The van der Waals surface area contributed by atoms with Crippen molar-refractivity contribution in [2.24, 2.45) is 5.92 Å². The van der Waals surface area contributed by atoms with E-state index in [0.29, 0.717) is 30.9 Å². The number of carbonyl (C=O) groups excluding carboxylic acids is 5. The maximum atomic E-state index is 13.6. The molecule has 2 N–H and O–H groups in total. The molecule has 5 rings (SSSR count). The molecule has 5 amide bonds. The maximum absolute atomic E-state index is 13.6. The number of nitrogens with one attached hydrogen (secondary N) is 2. The molecule has 1 saturated carbocycles. The number of imide groups is 1. The first-order chi connectivity index (χ1) is 20.9. The molecular weight excluding hydrogens is 556 g/mol. The molecule has 2 heterocycles. The Bertz CT molecular complexity index is 1400. The van der Waals surface area contributed by atoms with Gasteiger partial charge in [0, 0.05) is 25.6 Å². The van der Waals surface area contributed by atoms with Crippen LogP contribution in [0.1, 0.15) is 61.4 Å². The number of rotatable bonds is 11. The van der Waals surface area contributed by atoms with E-state index in [1.165, 1.54) is 9.80 Å². The predicted molar refractivity (Wildman–Crippen MR) is 154 cm³/mol. The van der Waals surface area contributed by atoms with E-state index in [1.807, 2.05) is 12.1 Å². The number of nitrogens with zero attached hydrogens (tertiary/aromatic N) is 2. The van der Waals surface area contributed by atoms with Crippen LogP contribution in [0.25, 0.3) is 0 Å². The second-order valence-corrected chi connectivity index (χ2v) is 10.7. The molecule has 1 saturated heterocycles. The molecular formula is C31H36N4O8. The van der Waals surface area contributed by atoms with Crippen molar-refractivity contribution in [3.63, 3.8) is 0 Å². The van der Waals surface area contributed by atoms with Gasteiger partial charge in [-0.05, 0) is 56.0 Å². The number of carbonyl (C=O) groups is 5. The average molecular weight is 593 g/mol. The highest BCUT2D eigenvalue weighted by atomic mass is 16.7. The Morgan fingerprint density at radius 3 is 2.63 bits per heavy atom. The van der Waals surface area contributed by atoms with Gasteiger partial charge in [-0.25, -0.2) is 9.59 Å². The first kappa shape index (κ1) is 29.9. The number of fused-ring (bicyclic) bond motifs is 2. The molecule has 228 valence electrons. The summed E-state index contributed by atoms with van der Waals surface area (Å²) in [6, 6.07) is 11.1. The SMILES string of the molecule is CCOC(=O)c1ccccc1NC(=O)CN1C(=O)N(CCCC(=O)NCc2ccc3c(c2)OCO3)C(=O)C2CCCCC21. The van der Waals surface area contributed by atoms with Gasteiger partial charge in [-0.3, -0.25) is 19.3 Å².